The van der Waals surface area contributed by atoms with Crippen molar-refractivity contribution in [1.29, 1.82) is 0 Å². The maximum absolute atomic E-state index is 14.3. The van der Waals surface area contributed by atoms with Crippen LogP contribution in [0.4, 0.5) is 11.6 Å². The molecule has 17 nitrogen and oxygen atoms in total. The molecule has 4 fully saturated rings. The molecule has 17 heteroatoms. The molecule has 4 aliphatic rings. The van der Waals surface area contributed by atoms with Crippen LogP contribution >= 0.6 is 0 Å². The summed E-state index contributed by atoms with van der Waals surface area (Å²) in [5, 5.41) is 32.8. The molecule has 0 bridgehead atoms. The van der Waals surface area contributed by atoms with Crippen LogP contribution in [0.2, 0.25) is 0 Å². The van der Waals surface area contributed by atoms with Crippen molar-refractivity contribution in [3.8, 4) is 40.1 Å². The Morgan fingerprint density at radius 3 is 2.42 bits per heavy atom. The van der Waals surface area contributed by atoms with Crippen LogP contribution in [-0.4, -0.2) is 125 Å². The molecule has 0 spiro atoms. The van der Waals surface area contributed by atoms with Crippen molar-refractivity contribution in [3.63, 3.8) is 0 Å². The molecule has 10 rings (SSSR count). The summed E-state index contributed by atoms with van der Waals surface area (Å²) in [5.74, 6) is 8.32. The summed E-state index contributed by atoms with van der Waals surface area (Å²) in [6, 6.07) is 17.8. The van der Waals surface area contributed by atoms with Gasteiger partial charge in [-0.05, 0) is 86.6 Å². The Bertz CT molecular complexity index is 2890. The molecular weight excluding hydrogens is 899 g/mol. The molecule has 0 unspecified atom stereocenters. The van der Waals surface area contributed by atoms with Crippen LogP contribution in [0.25, 0.3) is 28.3 Å². The highest BCUT2D eigenvalue weighted by Gasteiger charge is 2.44. The van der Waals surface area contributed by atoms with Crippen LogP contribution in [-0.2, 0) is 21.4 Å². The largest absolute Gasteiger partial charge is 0.507 e. The summed E-state index contributed by atoms with van der Waals surface area (Å²) in [7, 11) is 1.90. The minimum Gasteiger partial charge on any atom is -0.507 e. The molecule has 0 radical (unpaired) electrons. The zero-order valence-electron chi connectivity index (χ0n) is 41.0. The third-order valence-electron chi connectivity index (χ3n) is 15.0. The number of fused-ring (bicyclic) bond motifs is 1. The number of hydrogen-bond acceptors (Lipinski definition) is 13. The van der Waals surface area contributed by atoms with Gasteiger partial charge >= 0.3 is 0 Å². The number of likely N-dealkylation sites (tertiary alicyclic amines) is 2. The number of carbonyl (C=O) groups is 2. The van der Waals surface area contributed by atoms with E-state index in [2.05, 4.69) is 47.2 Å². The van der Waals surface area contributed by atoms with E-state index in [-0.39, 0.29) is 60.6 Å². The van der Waals surface area contributed by atoms with Gasteiger partial charge in [0.25, 0.3) is 0 Å². The third-order valence-corrected chi connectivity index (χ3v) is 15.0. The first-order valence-electron chi connectivity index (χ1n) is 25.2. The maximum Gasteiger partial charge on any atom is 0.243 e. The summed E-state index contributed by atoms with van der Waals surface area (Å²) >= 11 is 0. The van der Waals surface area contributed by atoms with Crippen molar-refractivity contribution in [1.82, 2.24) is 44.4 Å². The molecule has 4 atom stereocenters. The molecule has 372 valence electrons. The Hall–Kier alpha value is -6.74. The number of para-hydroxylation sites is 1. The first-order chi connectivity index (χ1) is 34.3. The van der Waals surface area contributed by atoms with Gasteiger partial charge in [0, 0.05) is 88.9 Å². The number of ether oxygens (including phenoxy) is 1. The van der Waals surface area contributed by atoms with Gasteiger partial charge in [-0.3, -0.25) is 18.7 Å². The van der Waals surface area contributed by atoms with E-state index >= 15 is 0 Å². The van der Waals surface area contributed by atoms with Crippen LogP contribution in [0.15, 0.2) is 83.8 Å². The molecule has 7 heterocycles. The van der Waals surface area contributed by atoms with Crippen molar-refractivity contribution in [2.45, 2.75) is 102 Å². The van der Waals surface area contributed by atoms with Crippen LogP contribution < -0.4 is 16.0 Å². The van der Waals surface area contributed by atoms with Gasteiger partial charge in [0.2, 0.25) is 17.6 Å². The Morgan fingerprint density at radius 1 is 0.944 bits per heavy atom. The molecule has 4 aromatic heterocycles. The Morgan fingerprint density at radius 2 is 1.70 bits per heavy atom. The number of hydrogen-bond donors (Lipinski definition) is 4. The van der Waals surface area contributed by atoms with E-state index in [9.17, 15) is 19.8 Å². The van der Waals surface area contributed by atoms with Gasteiger partial charge in [-0.1, -0.05) is 67.2 Å². The second kappa shape index (κ2) is 20.5. The third kappa shape index (κ3) is 10.5. The smallest absolute Gasteiger partial charge is 0.243 e. The van der Waals surface area contributed by atoms with Gasteiger partial charge in [0.05, 0.1) is 41.3 Å². The van der Waals surface area contributed by atoms with Crippen molar-refractivity contribution in [3.05, 3.63) is 96.1 Å². The highest BCUT2D eigenvalue weighted by molar-refractivity contribution is 5.91. The average molecular weight is 964 g/mol. The SMILES string of the molecule is CC(C)[C@@H](C(=O)N1C[C@H](O)C[C@H]1C(=O)N[C@@H](C)c1ccc(-c2ccnn2C)cc1)c1cc(N2CCC(CN3CCC(OC4CC(C#Cc5cn6cc(-c7ccccc7O)nc6nc5N)C4)CC3)CC2)no1. The number of imidazole rings is 1. The highest BCUT2D eigenvalue weighted by atomic mass is 16.5. The number of rotatable bonds is 13. The Kier molecular flexibility index (Phi) is 13.9. The number of benzene rings is 2. The lowest BCUT2D eigenvalue weighted by atomic mass is 9.82. The van der Waals surface area contributed by atoms with Gasteiger partial charge in [0.15, 0.2) is 11.6 Å². The van der Waals surface area contributed by atoms with E-state index < -0.39 is 18.1 Å². The first kappa shape index (κ1) is 47.9. The number of aryl methyl sites for hydroxylation is 1. The molecule has 71 heavy (non-hydrogen) atoms. The molecule has 2 amide bonds. The normalized spacial score (nSPS) is 22.1. The number of nitrogens with two attached hydrogens (primary N) is 1. The number of phenolic OH excluding ortho intramolecular Hbond substituents is 1. The Balaban J connectivity index is 0.657. The van der Waals surface area contributed by atoms with E-state index in [0.717, 1.165) is 93.9 Å². The van der Waals surface area contributed by atoms with Crippen LogP contribution in [0.1, 0.15) is 94.6 Å². The fourth-order valence-corrected chi connectivity index (χ4v) is 10.8. The first-order valence-corrected chi connectivity index (χ1v) is 25.2. The molecule has 1 saturated carbocycles. The molecule has 3 saturated heterocycles. The van der Waals surface area contributed by atoms with Crippen LogP contribution in [0, 0.1) is 29.6 Å². The minimum atomic E-state index is -0.804. The van der Waals surface area contributed by atoms with Crippen molar-refractivity contribution in [2.24, 2.45) is 24.8 Å². The van der Waals surface area contributed by atoms with Crippen LogP contribution in [0.5, 0.6) is 5.75 Å². The summed E-state index contributed by atoms with van der Waals surface area (Å²) in [4.78, 5) is 43.5. The summed E-state index contributed by atoms with van der Waals surface area (Å²) in [6.45, 7) is 10.8. The van der Waals surface area contributed by atoms with Gasteiger partial charge in [-0.2, -0.15) is 10.1 Å². The lowest BCUT2D eigenvalue weighted by Crippen LogP contribution is -2.48. The van der Waals surface area contributed by atoms with E-state index in [1.165, 1.54) is 4.90 Å². The predicted octanol–water partition coefficient (Wildman–Crippen LogP) is 6.18. The van der Waals surface area contributed by atoms with Gasteiger partial charge in [-0.15, -0.1) is 0 Å². The summed E-state index contributed by atoms with van der Waals surface area (Å²) in [6.07, 6.45) is 11.3. The number of aromatic hydroxyl groups is 1. The number of nitrogens with zero attached hydrogens (tertiary/aromatic N) is 9. The topological polar surface area (TPSA) is 206 Å². The van der Waals surface area contributed by atoms with Gasteiger partial charge in [0.1, 0.15) is 23.5 Å². The number of aromatic nitrogens is 6. The number of β-amino-alcohol motifs (C(OH)–C–C–N with tert-alkyl or cyclic N) is 1. The standard InChI is InChI=1S/C54H65N11O6/c1-33(2)50(53(69)65-31-40(66)27-46(65)52(68)57-34(3)37-11-13-38(14-12-37)45-15-20-56-61(45)4)48-28-49(60-71-48)63-23-16-35(17-24-63)29-62-21-18-41(19-22-62)70-42-25-36(26-42)9-10-39-30-64-32-44(58-54(64)59-51(39)55)43-7-5-6-8-47(43)67/h5-8,11-15,20,28,30,32-36,40-42,46,50,66-67H,16-19,21-27,29,31H2,1-4H3,(H,57,68)(H2,55,58,59)/t34-,36?,40+,42?,46-,50+/m0/s1. The lowest BCUT2D eigenvalue weighted by molar-refractivity contribution is -0.141. The number of piperidine rings is 2. The molecular formula is C54H65N11O6. The maximum atomic E-state index is 14.3. The second-order valence-corrected chi connectivity index (χ2v) is 20.4. The zero-order valence-corrected chi connectivity index (χ0v) is 41.0. The zero-order chi connectivity index (χ0) is 49.3. The van der Waals surface area contributed by atoms with Crippen molar-refractivity contribution < 1.29 is 29.1 Å². The number of amides is 2. The van der Waals surface area contributed by atoms with Gasteiger partial charge in [-0.25, -0.2) is 4.98 Å². The summed E-state index contributed by atoms with van der Waals surface area (Å²) in [5.41, 5.74) is 11.1. The fraction of sp³-hybridized carbons (Fsp3) is 0.481. The van der Waals surface area contributed by atoms with Crippen LogP contribution in [0.3, 0.4) is 0 Å². The van der Waals surface area contributed by atoms with E-state index in [1.54, 1.807) is 22.7 Å². The number of phenols is 1. The fourth-order valence-electron chi connectivity index (χ4n) is 10.8. The van der Waals surface area contributed by atoms with E-state index in [0.29, 0.717) is 40.1 Å². The quantitative estimate of drug-likeness (QED) is 0.0957. The predicted molar refractivity (Wildman–Crippen MR) is 269 cm³/mol. The number of nitrogens with one attached hydrogen (secondary N) is 1. The lowest BCUT2D eigenvalue weighted by Gasteiger charge is -2.40. The number of nitrogen functional groups attached to an aromatic ring is 1. The number of anilines is 2. The molecule has 3 aliphatic heterocycles. The van der Waals surface area contributed by atoms with E-state index in [1.807, 2.05) is 93.4 Å². The highest BCUT2D eigenvalue weighted by Crippen LogP contribution is 2.36. The second-order valence-electron chi connectivity index (χ2n) is 20.4. The van der Waals surface area contributed by atoms with Gasteiger partial charge < -0.3 is 45.2 Å². The van der Waals surface area contributed by atoms with Crippen molar-refractivity contribution in [2.75, 3.05) is 49.9 Å². The van der Waals surface area contributed by atoms with Crippen molar-refractivity contribution >= 4 is 29.2 Å². The number of aliphatic hydroxyl groups excluding tert-OH is 1. The molecule has 1 aliphatic carbocycles. The number of aliphatic hydroxyl groups is 1. The summed E-state index contributed by atoms with van der Waals surface area (Å²) < 4.78 is 16.1. The average Bonchev–Trinajstić information content (AvgIpc) is 4.18. The monoisotopic (exact) mass is 964 g/mol. The Labute approximate surface area is 414 Å². The minimum absolute atomic E-state index is 0.0813. The molecule has 6 aromatic rings. The van der Waals surface area contributed by atoms with E-state index in [4.69, 9.17) is 15.0 Å². The number of carbonyl (C=O) groups excluding carboxylic acids is 2. The molecule has 5 N–H and O–H groups in total. The molecule has 2 aromatic carbocycles.